The van der Waals surface area contributed by atoms with Crippen molar-refractivity contribution in [2.45, 2.75) is 39.7 Å². The van der Waals surface area contributed by atoms with E-state index in [2.05, 4.69) is 49.7 Å². The van der Waals surface area contributed by atoms with E-state index in [9.17, 15) is 0 Å². The number of fused-ring (bicyclic) bond motifs is 1. The normalized spacial score (nSPS) is 11.6. The summed E-state index contributed by atoms with van der Waals surface area (Å²) in [5.74, 6) is 0.560. The lowest BCUT2D eigenvalue weighted by Gasteiger charge is -2.10. The summed E-state index contributed by atoms with van der Waals surface area (Å²) in [6, 6.07) is 6.63. The molecule has 2 N–H and O–H groups in total. The topological polar surface area (TPSA) is 30.9 Å². The minimum atomic E-state index is 0.560. The Morgan fingerprint density at radius 3 is 2.65 bits per heavy atom. The van der Waals surface area contributed by atoms with Gasteiger partial charge < -0.3 is 10.3 Å². The Morgan fingerprint density at radius 1 is 1.29 bits per heavy atom. The van der Waals surface area contributed by atoms with Gasteiger partial charge in [0, 0.05) is 18.1 Å². The van der Waals surface area contributed by atoms with Gasteiger partial charge in [0.1, 0.15) is 0 Å². The zero-order valence-electron chi connectivity index (χ0n) is 11.0. The van der Waals surface area contributed by atoms with Gasteiger partial charge in [-0.3, -0.25) is 0 Å². The Balaban J connectivity index is 2.70. The fourth-order valence-corrected chi connectivity index (χ4v) is 2.53. The number of benzene rings is 1. The highest BCUT2D eigenvalue weighted by atomic mass is 15.0. The van der Waals surface area contributed by atoms with Crippen LogP contribution in [0.3, 0.4) is 0 Å². The molecule has 0 spiro atoms. The summed E-state index contributed by atoms with van der Waals surface area (Å²) in [5.41, 5.74) is 9.91. The molecule has 1 heterocycles. The van der Waals surface area contributed by atoms with Gasteiger partial charge in [0.05, 0.1) is 5.52 Å². The smallest absolute Gasteiger partial charge is 0.0518 e. The Morgan fingerprint density at radius 2 is 2.06 bits per heavy atom. The van der Waals surface area contributed by atoms with Crippen LogP contribution < -0.4 is 5.73 Å². The molecule has 1 aromatic heterocycles. The van der Waals surface area contributed by atoms with Crippen molar-refractivity contribution in [2.24, 2.45) is 5.73 Å². The van der Waals surface area contributed by atoms with Crippen molar-refractivity contribution in [3.8, 4) is 0 Å². The van der Waals surface area contributed by atoms with Crippen LogP contribution in [0.15, 0.2) is 24.4 Å². The SMILES string of the molecule is CCn1cc(CCN)c2cccc(C(C)C)c21. The highest BCUT2D eigenvalue weighted by molar-refractivity contribution is 5.87. The predicted molar refractivity (Wildman–Crippen MR) is 74.5 cm³/mol. The molecule has 0 saturated carbocycles. The number of aryl methyl sites for hydroxylation is 1. The summed E-state index contributed by atoms with van der Waals surface area (Å²) in [4.78, 5) is 0. The first kappa shape index (κ1) is 12.2. The van der Waals surface area contributed by atoms with Crippen LogP contribution >= 0.6 is 0 Å². The van der Waals surface area contributed by atoms with Crippen LogP contribution in [0.2, 0.25) is 0 Å². The van der Waals surface area contributed by atoms with Crippen LogP contribution in [0.5, 0.6) is 0 Å². The van der Waals surface area contributed by atoms with E-state index in [1.807, 2.05) is 0 Å². The Bertz CT molecular complexity index is 509. The average Bonchev–Trinajstić information content (AvgIpc) is 2.68. The maximum Gasteiger partial charge on any atom is 0.0518 e. The van der Waals surface area contributed by atoms with E-state index in [0.29, 0.717) is 12.5 Å². The molecule has 1 aromatic carbocycles. The molecule has 17 heavy (non-hydrogen) atoms. The number of hydrogen-bond donors (Lipinski definition) is 1. The molecule has 92 valence electrons. The molecule has 2 nitrogen and oxygen atoms in total. The summed E-state index contributed by atoms with van der Waals surface area (Å²) in [5, 5.41) is 1.38. The quantitative estimate of drug-likeness (QED) is 0.858. The molecular weight excluding hydrogens is 208 g/mol. The van der Waals surface area contributed by atoms with Gasteiger partial charge in [-0.15, -0.1) is 0 Å². The van der Waals surface area contributed by atoms with E-state index in [1.165, 1.54) is 22.0 Å². The van der Waals surface area contributed by atoms with Gasteiger partial charge >= 0.3 is 0 Å². The van der Waals surface area contributed by atoms with Crippen molar-refractivity contribution >= 4 is 10.9 Å². The van der Waals surface area contributed by atoms with Crippen LogP contribution in [0.25, 0.3) is 10.9 Å². The van der Waals surface area contributed by atoms with Crippen molar-refractivity contribution in [3.63, 3.8) is 0 Å². The molecule has 2 aromatic rings. The lowest BCUT2D eigenvalue weighted by Crippen LogP contribution is -2.02. The Labute approximate surface area is 103 Å². The lowest BCUT2D eigenvalue weighted by molar-refractivity contribution is 0.776. The lowest BCUT2D eigenvalue weighted by atomic mass is 9.99. The van der Waals surface area contributed by atoms with E-state index in [-0.39, 0.29) is 0 Å². The molecular formula is C15H22N2. The molecule has 0 saturated heterocycles. The molecule has 0 aliphatic rings. The fourth-order valence-electron chi connectivity index (χ4n) is 2.53. The fraction of sp³-hybridized carbons (Fsp3) is 0.467. The van der Waals surface area contributed by atoms with Gasteiger partial charge in [-0.25, -0.2) is 0 Å². The highest BCUT2D eigenvalue weighted by Gasteiger charge is 2.12. The van der Waals surface area contributed by atoms with E-state index in [0.717, 1.165) is 13.0 Å². The first-order chi connectivity index (χ1) is 8.19. The monoisotopic (exact) mass is 230 g/mol. The van der Waals surface area contributed by atoms with Gasteiger partial charge in [-0.2, -0.15) is 0 Å². The Kier molecular flexibility index (Phi) is 3.53. The van der Waals surface area contributed by atoms with Gasteiger partial charge in [-0.05, 0) is 36.9 Å². The van der Waals surface area contributed by atoms with Gasteiger partial charge in [-0.1, -0.05) is 32.0 Å². The average molecular weight is 230 g/mol. The maximum atomic E-state index is 5.69. The van der Waals surface area contributed by atoms with Crippen molar-refractivity contribution in [3.05, 3.63) is 35.5 Å². The number of nitrogens with zero attached hydrogens (tertiary/aromatic N) is 1. The van der Waals surface area contributed by atoms with E-state index in [4.69, 9.17) is 5.73 Å². The minimum Gasteiger partial charge on any atom is -0.347 e. The molecule has 0 fully saturated rings. The van der Waals surface area contributed by atoms with Gasteiger partial charge in [0.25, 0.3) is 0 Å². The highest BCUT2D eigenvalue weighted by Crippen LogP contribution is 2.29. The third-order valence-corrected chi connectivity index (χ3v) is 3.39. The number of rotatable bonds is 4. The predicted octanol–water partition coefficient (Wildman–Crippen LogP) is 3.29. The molecule has 0 aliphatic carbocycles. The minimum absolute atomic E-state index is 0.560. The van der Waals surface area contributed by atoms with E-state index < -0.39 is 0 Å². The van der Waals surface area contributed by atoms with Crippen molar-refractivity contribution < 1.29 is 0 Å². The molecule has 0 unspecified atom stereocenters. The first-order valence-corrected chi connectivity index (χ1v) is 6.49. The van der Waals surface area contributed by atoms with Gasteiger partial charge in [0.2, 0.25) is 0 Å². The zero-order valence-corrected chi connectivity index (χ0v) is 11.0. The zero-order chi connectivity index (χ0) is 12.4. The molecule has 2 heteroatoms. The summed E-state index contributed by atoms with van der Waals surface area (Å²) >= 11 is 0. The molecule has 2 rings (SSSR count). The van der Waals surface area contributed by atoms with Crippen LogP contribution in [0.1, 0.15) is 37.8 Å². The number of para-hydroxylation sites is 1. The van der Waals surface area contributed by atoms with Crippen LogP contribution in [-0.4, -0.2) is 11.1 Å². The molecule has 0 bridgehead atoms. The standard InChI is InChI=1S/C15H22N2/c1-4-17-10-12(8-9-16)14-7-5-6-13(11(2)3)15(14)17/h5-7,10-11H,4,8-9,16H2,1-3H3. The second kappa shape index (κ2) is 4.92. The summed E-state index contributed by atoms with van der Waals surface area (Å²) < 4.78 is 2.36. The maximum absolute atomic E-state index is 5.69. The summed E-state index contributed by atoms with van der Waals surface area (Å²) in [7, 11) is 0. The second-order valence-corrected chi connectivity index (χ2v) is 4.88. The molecule has 0 atom stereocenters. The van der Waals surface area contributed by atoms with E-state index >= 15 is 0 Å². The molecule has 0 radical (unpaired) electrons. The van der Waals surface area contributed by atoms with Crippen molar-refractivity contribution in [2.75, 3.05) is 6.54 Å². The number of aromatic nitrogens is 1. The number of nitrogens with two attached hydrogens (primary N) is 1. The molecule has 0 amide bonds. The third-order valence-electron chi connectivity index (χ3n) is 3.39. The van der Waals surface area contributed by atoms with Crippen LogP contribution in [0, 0.1) is 0 Å². The molecule has 0 aliphatic heterocycles. The van der Waals surface area contributed by atoms with Crippen LogP contribution in [0.4, 0.5) is 0 Å². The summed E-state index contributed by atoms with van der Waals surface area (Å²) in [6.45, 7) is 8.44. The second-order valence-electron chi connectivity index (χ2n) is 4.88. The number of hydrogen-bond acceptors (Lipinski definition) is 1. The van der Waals surface area contributed by atoms with Crippen LogP contribution in [-0.2, 0) is 13.0 Å². The summed E-state index contributed by atoms with van der Waals surface area (Å²) in [6.07, 6.45) is 3.23. The third kappa shape index (κ3) is 2.09. The largest absolute Gasteiger partial charge is 0.347 e. The van der Waals surface area contributed by atoms with Crippen molar-refractivity contribution in [1.29, 1.82) is 0 Å². The first-order valence-electron chi connectivity index (χ1n) is 6.49. The van der Waals surface area contributed by atoms with Gasteiger partial charge in [0.15, 0.2) is 0 Å². The van der Waals surface area contributed by atoms with Crippen molar-refractivity contribution in [1.82, 2.24) is 4.57 Å². The Hall–Kier alpha value is -1.28. The van der Waals surface area contributed by atoms with E-state index in [1.54, 1.807) is 0 Å².